The van der Waals surface area contributed by atoms with Crippen molar-refractivity contribution in [1.82, 2.24) is 0 Å². The molecule has 112 heavy (non-hydrogen) atoms. The molecule has 542 valence electrons. The molecule has 6 heteroatoms. The summed E-state index contributed by atoms with van der Waals surface area (Å²) in [6.45, 7) is 27.4. The lowest BCUT2D eigenvalue weighted by molar-refractivity contribution is 0.590. The third-order valence-electron chi connectivity index (χ3n) is 24.0. The van der Waals surface area contributed by atoms with Crippen LogP contribution in [-0.2, 0) is 21.7 Å². The van der Waals surface area contributed by atoms with Crippen LogP contribution < -0.4 is 26.2 Å². The summed E-state index contributed by atoms with van der Waals surface area (Å²) >= 11 is 1.87. The summed E-state index contributed by atoms with van der Waals surface area (Å²) in [5.41, 5.74) is 34.4. The Hall–Kier alpha value is -12.2. The quantitative estimate of drug-likeness (QED) is 0.135. The van der Waals surface area contributed by atoms with Crippen molar-refractivity contribution in [1.29, 1.82) is 0 Å². The number of para-hydroxylation sites is 4. The Balaban J connectivity index is 0.967. The molecule has 4 nitrogen and oxygen atoms in total. The molecule has 20 rings (SSSR count). The molecule has 0 saturated carbocycles. The maximum absolute atomic E-state index is 6.78. The molecular weight excluding hydrogens is 1380 g/mol. The van der Waals surface area contributed by atoms with Gasteiger partial charge in [-0.15, -0.1) is 11.3 Å². The van der Waals surface area contributed by atoms with Gasteiger partial charge in [-0.3, -0.25) is 0 Å². The van der Waals surface area contributed by atoms with Gasteiger partial charge in [0.1, 0.15) is 22.3 Å². The van der Waals surface area contributed by atoms with Crippen LogP contribution in [0.1, 0.15) is 105 Å². The Morgan fingerprint density at radius 3 is 0.982 bits per heavy atom. The largest absolute Gasteiger partial charge is 0.456 e. The van der Waals surface area contributed by atoms with Crippen molar-refractivity contribution in [3.63, 3.8) is 0 Å². The summed E-state index contributed by atoms with van der Waals surface area (Å²) in [5, 5.41) is 6.91. The highest BCUT2D eigenvalue weighted by atomic mass is 32.1. The minimum atomic E-state index is -0.346. The van der Waals surface area contributed by atoms with Crippen LogP contribution in [0.15, 0.2) is 318 Å². The Morgan fingerprint density at radius 1 is 0.250 bits per heavy atom. The third kappa shape index (κ3) is 11.4. The smallest absolute Gasteiger partial charge is 0.252 e. The SMILES string of the molecule is CC(C)(C)c1ccc(-c2cccc(-c3ccc(C(C)(C)C)cc3)c2N2c3ccc(-c4cccc5oc6ccccc6c45)cc3B3c4cc(-c5cccc6oc7ccccc7c56)ccc4N(c4c(-c5ccc(C(C)(C)C)cc5)cccc4-c4ccc(C(C)(C)C)cc4)c4cc(-c5ccc6sc7ccccc7c6c5)cc2c43)cc1. The van der Waals surface area contributed by atoms with Crippen molar-refractivity contribution < 1.29 is 8.83 Å². The van der Waals surface area contributed by atoms with Gasteiger partial charge in [0.2, 0.25) is 0 Å². The minimum Gasteiger partial charge on any atom is -0.456 e. The van der Waals surface area contributed by atoms with E-state index in [2.05, 4.69) is 402 Å². The van der Waals surface area contributed by atoms with Crippen LogP contribution in [0.3, 0.4) is 0 Å². The van der Waals surface area contributed by atoms with Gasteiger partial charge >= 0.3 is 0 Å². The van der Waals surface area contributed by atoms with E-state index in [4.69, 9.17) is 8.83 Å². The predicted molar refractivity (Wildman–Crippen MR) is 481 cm³/mol. The van der Waals surface area contributed by atoms with Gasteiger partial charge in [0.25, 0.3) is 6.71 Å². The first-order valence-electron chi connectivity index (χ1n) is 39.5. The number of thiophene rings is 1. The monoisotopic (exact) mass is 1460 g/mol. The highest BCUT2D eigenvalue weighted by molar-refractivity contribution is 7.25. The molecule has 0 unspecified atom stereocenters. The molecule has 0 amide bonds. The summed E-state index contributed by atoms with van der Waals surface area (Å²) in [6.07, 6.45) is 0. The van der Waals surface area contributed by atoms with Gasteiger partial charge in [-0.1, -0.05) is 326 Å². The van der Waals surface area contributed by atoms with Gasteiger partial charge in [-0.05, 0) is 183 Å². The highest BCUT2D eigenvalue weighted by Gasteiger charge is 2.46. The van der Waals surface area contributed by atoms with Gasteiger partial charge < -0.3 is 18.6 Å². The first-order valence-corrected chi connectivity index (χ1v) is 40.4. The summed E-state index contributed by atoms with van der Waals surface area (Å²) in [7, 11) is 0. The van der Waals surface area contributed by atoms with Gasteiger partial charge in [-0.25, -0.2) is 0 Å². The molecule has 0 bridgehead atoms. The van der Waals surface area contributed by atoms with E-state index < -0.39 is 0 Å². The molecule has 3 aromatic heterocycles. The maximum Gasteiger partial charge on any atom is 0.252 e. The summed E-state index contributed by atoms with van der Waals surface area (Å²) < 4.78 is 16.1. The van der Waals surface area contributed by atoms with Crippen LogP contribution in [0.2, 0.25) is 0 Å². The van der Waals surface area contributed by atoms with E-state index >= 15 is 0 Å². The number of benzene rings is 15. The number of fused-ring (bicyclic) bond motifs is 13. The average molecular weight is 1460 g/mol. The van der Waals surface area contributed by atoms with E-state index in [0.717, 1.165) is 156 Å². The number of furan rings is 2. The lowest BCUT2D eigenvalue weighted by atomic mass is 9.33. The number of hydrogen-bond donors (Lipinski definition) is 0. The molecule has 0 saturated heterocycles. The molecule has 0 atom stereocenters. The van der Waals surface area contributed by atoms with Crippen LogP contribution in [0.5, 0.6) is 0 Å². The van der Waals surface area contributed by atoms with Crippen molar-refractivity contribution in [3.05, 3.63) is 332 Å². The first kappa shape index (κ1) is 69.0. The number of anilines is 6. The van der Waals surface area contributed by atoms with E-state index in [-0.39, 0.29) is 28.4 Å². The zero-order valence-electron chi connectivity index (χ0n) is 65.6. The fourth-order valence-corrected chi connectivity index (χ4v) is 19.1. The predicted octanol–water partition coefficient (Wildman–Crippen LogP) is 28.8. The lowest BCUT2D eigenvalue weighted by Gasteiger charge is -2.46. The van der Waals surface area contributed by atoms with Crippen LogP contribution in [0.25, 0.3) is 142 Å². The topological polar surface area (TPSA) is 32.8 Å². The maximum atomic E-state index is 6.78. The molecule has 5 heterocycles. The molecule has 0 radical (unpaired) electrons. The van der Waals surface area contributed by atoms with Crippen molar-refractivity contribution in [2.24, 2.45) is 0 Å². The molecule has 0 fully saturated rings. The van der Waals surface area contributed by atoms with E-state index in [9.17, 15) is 0 Å². The number of hydrogen-bond acceptors (Lipinski definition) is 5. The molecule has 0 N–H and O–H groups in total. The highest BCUT2D eigenvalue weighted by Crippen LogP contribution is 2.56. The van der Waals surface area contributed by atoms with Crippen molar-refractivity contribution in [2.75, 3.05) is 9.80 Å². The third-order valence-corrected chi connectivity index (χ3v) is 25.1. The van der Waals surface area contributed by atoms with Gasteiger partial charge in [0.05, 0.1) is 11.4 Å². The zero-order chi connectivity index (χ0) is 76.4. The summed E-state index contributed by atoms with van der Waals surface area (Å²) in [5.74, 6) is 0. The molecular formula is C106H87BN2O2S. The average Bonchev–Trinajstić information content (AvgIpc) is 0.846. The molecule has 0 spiro atoms. The number of rotatable bonds is 9. The standard InChI is InChI=1S/C106H87BN2O2S/c1-103(2,3)72-48-37-64(38-49-72)78-28-19-29-79(65-39-50-73(51-40-65)104(4,5)6)101(78)108-88-56-45-69(76-26-21-34-94-98(76)83-24-13-16-32-92(83)110-94)60-86(88)107-87-61-70(77-27-22-35-95-99(77)84-25-14-17-33-93(84)111-95)46-57-89(87)109(91-63-71(62-90(108)100(91)107)68-47-58-97-85(59-68)82-23-15-18-36-96(82)112-97)102-80(66-41-52-74(53-42-66)105(7,8)9)30-20-31-81(102)67-43-54-75(55-44-67)106(10,11)12/h13-63H,1-12H3. The van der Waals surface area contributed by atoms with Crippen LogP contribution in [0, 0.1) is 0 Å². The Morgan fingerprint density at radius 2 is 0.580 bits per heavy atom. The van der Waals surface area contributed by atoms with E-state index in [0.29, 0.717) is 0 Å². The van der Waals surface area contributed by atoms with Gasteiger partial charge in [-0.2, -0.15) is 0 Å². The fraction of sp³-hybridized carbons (Fsp3) is 0.151. The summed E-state index contributed by atoms with van der Waals surface area (Å²) in [4.78, 5) is 5.41. The normalized spacial score (nSPS) is 13.1. The van der Waals surface area contributed by atoms with E-state index in [1.165, 1.54) is 58.8 Å². The Kier molecular flexibility index (Phi) is 15.8. The fourth-order valence-electron chi connectivity index (χ4n) is 18.0. The Labute approximate surface area is 661 Å². The van der Waals surface area contributed by atoms with Crippen LogP contribution >= 0.6 is 11.3 Å². The second kappa shape index (κ2) is 25.7. The second-order valence-electron chi connectivity index (χ2n) is 35.2. The lowest BCUT2D eigenvalue weighted by Crippen LogP contribution is -2.61. The Bertz CT molecular complexity index is 6340. The van der Waals surface area contributed by atoms with Crippen molar-refractivity contribution in [2.45, 2.75) is 105 Å². The van der Waals surface area contributed by atoms with Crippen molar-refractivity contribution in [3.8, 4) is 77.9 Å². The summed E-state index contributed by atoms with van der Waals surface area (Å²) in [6, 6.07) is 118. The molecule has 2 aliphatic rings. The van der Waals surface area contributed by atoms with Gasteiger partial charge in [0, 0.05) is 86.7 Å². The minimum absolute atomic E-state index is 0.0630. The zero-order valence-corrected chi connectivity index (χ0v) is 66.5. The van der Waals surface area contributed by atoms with Gasteiger partial charge in [0.15, 0.2) is 0 Å². The van der Waals surface area contributed by atoms with E-state index in [1.807, 2.05) is 11.3 Å². The molecule has 15 aromatic carbocycles. The molecule has 18 aromatic rings. The molecule has 0 aliphatic carbocycles. The van der Waals surface area contributed by atoms with Crippen LogP contribution in [-0.4, -0.2) is 6.71 Å². The van der Waals surface area contributed by atoms with Crippen molar-refractivity contribution >= 4 is 133 Å². The first-order chi connectivity index (χ1) is 54.1. The van der Waals surface area contributed by atoms with E-state index in [1.54, 1.807) is 0 Å². The second-order valence-corrected chi connectivity index (χ2v) is 36.2. The molecule has 2 aliphatic heterocycles. The van der Waals surface area contributed by atoms with Crippen LogP contribution in [0.4, 0.5) is 34.1 Å². The number of nitrogens with zero attached hydrogens (tertiary/aromatic N) is 2.